The van der Waals surface area contributed by atoms with Gasteiger partial charge in [-0.3, -0.25) is 19.2 Å². The van der Waals surface area contributed by atoms with Gasteiger partial charge in [-0.25, -0.2) is 4.79 Å². The van der Waals surface area contributed by atoms with Crippen LogP contribution in [0.5, 0.6) is 0 Å². The Morgan fingerprint density at radius 3 is 1.71 bits per heavy atom. The first-order valence-corrected chi connectivity index (χ1v) is 12.1. The Hall–Kier alpha value is -2.73. The molecule has 202 valence electrons. The highest BCUT2D eigenvalue weighted by molar-refractivity contribution is 5.94. The molecule has 3 amide bonds. The Kier molecular flexibility index (Phi) is 15.5. The van der Waals surface area contributed by atoms with Crippen LogP contribution in [-0.4, -0.2) is 70.6 Å². The van der Waals surface area contributed by atoms with Crippen molar-refractivity contribution in [2.45, 2.75) is 96.8 Å². The highest BCUT2D eigenvalue weighted by atomic mass is 16.4. The third-order valence-electron chi connectivity index (χ3n) is 5.24. The molecule has 0 aliphatic heterocycles. The summed E-state index contributed by atoms with van der Waals surface area (Å²) in [5, 5.41) is 25.8. The van der Waals surface area contributed by atoms with Crippen LogP contribution in [0.15, 0.2) is 0 Å². The molecule has 0 bridgehead atoms. The molecule has 0 aliphatic rings. The van der Waals surface area contributed by atoms with Crippen molar-refractivity contribution in [3.05, 3.63) is 0 Å². The van der Waals surface area contributed by atoms with Gasteiger partial charge in [-0.05, 0) is 56.9 Å². The van der Waals surface area contributed by atoms with E-state index < -0.39 is 60.2 Å². The van der Waals surface area contributed by atoms with E-state index in [1.54, 1.807) is 0 Å². The van der Waals surface area contributed by atoms with Crippen molar-refractivity contribution in [3.8, 4) is 0 Å². The minimum absolute atomic E-state index is 0.0456. The molecular weight excluding hydrogens is 458 g/mol. The average Bonchev–Trinajstić information content (AvgIpc) is 2.73. The van der Waals surface area contributed by atoms with E-state index in [9.17, 15) is 29.1 Å². The van der Waals surface area contributed by atoms with Crippen LogP contribution in [0.4, 0.5) is 0 Å². The molecule has 12 nitrogen and oxygen atoms in total. The molecule has 0 heterocycles. The Balaban J connectivity index is 5.52. The predicted octanol–water partition coefficient (Wildman–Crippen LogP) is -0.0613. The first-order valence-electron chi connectivity index (χ1n) is 12.1. The molecule has 0 spiro atoms. The van der Waals surface area contributed by atoms with Crippen LogP contribution >= 0.6 is 0 Å². The molecule has 0 radical (unpaired) electrons. The zero-order valence-electron chi connectivity index (χ0n) is 21.2. The lowest BCUT2D eigenvalue weighted by molar-refractivity contribution is -0.143. The van der Waals surface area contributed by atoms with Gasteiger partial charge in [0, 0.05) is 6.42 Å². The number of hydrogen-bond acceptors (Lipinski definition) is 7. The summed E-state index contributed by atoms with van der Waals surface area (Å²) in [5.41, 5.74) is 11.5. The molecule has 0 aromatic carbocycles. The van der Waals surface area contributed by atoms with Gasteiger partial charge in [-0.2, -0.15) is 0 Å². The van der Waals surface area contributed by atoms with Crippen molar-refractivity contribution in [2.75, 3.05) is 6.54 Å². The van der Waals surface area contributed by atoms with E-state index >= 15 is 0 Å². The first kappa shape index (κ1) is 32.3. The molecule has 0 saturated heterocycles. The minimum atomic E-state index is -1.42. The smallest absolute Gasteiger partial charge is 0.326 e. The summed E-state index contributed by atoms with van der Waals surface area (Å²) in [4.78, 5) is 60.7. The maximum atomic E-state index is 13.1. The van der Waals surface area contributed by atoms with Crippen molar-refractivity contribution >= 4 is 29.7 Å². The highest BCUT2D eigenvalue weighted by Crippen LogP contribution is 2.10. The number of nitrogens with one attached hydrogen (secondary N) is 3. The summed E-state index contributed by atoms with van der Waals surface area (Å²) in [5.74, 6) is -4.15. The van der Waals surface area contributed by atoms with Gasteiger partial charge in [0.05, 0.1) is 6.04 Å². The SMILES string of the molecule is CC(C)CC(N)C(=O)NC(CC(C)C)C(=O)NC(CCCCN)C(=O)NC(CCC(=O)O)C(=O)O. The van der Waals surface area contributed by atoms with Gasteiger partial charge in [0.15, 0.2) is 0 Å². The van der Waals surface area contributed by atoms with E-state index in [2.05, 4.69) is 16.0 Å². The third-order valence-corrected chi connectivity index (χ3v) is 5.24. The zero-order chi connectivity index (χ0) is 27.1. The highest BCUT2D eigenvalue weighted by Gasteiger charge is 2.30. The second-order valence-electron chi connectivity index (χ2n) is 9.60. The van der Waals surface area contributed by atoms with Gasteiger partial charge < -0.3 is 37.6 Å². The third kappa shape index (κ3) is 14.3. The molecular formula is C23H43N5O7. The van der Waals surface area contributed by atoms with Gasteiger partial charge in [0.1, 0.15) is 18.1 Å². The lowest BCUT2D eigenvalue weighted by atomic mass is 10.00. The van der Waals surface area contributed by atoms with Crippen LogP contribution in [0.25, 0.3) is 0 Å². The number of carbonyl (C=O) groups is 5. The second-order valence-corrected chi connectivity index (χ2v) is 9.60. The standard InChI is InChI=1S/C23H43N5O7/c1-13(2)11-15(25)20(31)28-18(12-14(3)4)22(33)26-16(7-5-6-10-24)21(32)27-17(23(34)35)8-9-19(29)30/h13-18H,5-12,24-25H2,1-4H3,(H,26,33)(H,27,32)(H,28,31)(H,29,30)(H,34,35). The first-order chi connectivity index (χ1) is 16.3. The van der Waals surface area contributed by atoms with Crippen molar-refractivity contribution in [3.63, 3.8) is 0 Å². The van der Waals surface area contributed by atoms with E-state index in [1.165, 1.54) is 0 Å². The number of hydrogen-bond donors (Lipinski definition) is 7. The number of aliphatic carboxylic acids is 2. The number of amides is 3. The van der Waals surface area contributed by atoms with Gasteiger partial charge in [0.2, 0.25) is 17.7 Å². The van der Waals surface area contributed by atoms with E-state index in [0.717, 1.165) is 0 Å². The maximum Gasteiger partial charge on any atom is 0.326 e. The van der Waals surface area contributed by atoms with Gasteiger partial charge >= 0.3 is 11.9 Å². The van der Waals surface area contributed by atoms with Gasteiger partial charge in [-0.15, -0.1) is 0 Å². The number of carbonyl (C=O) groups excluding carboxylic acids is 3. The molecule has 0 aromatic heterocycles. The Bertz CT molecular complexity index is 714. The number of rotatable bonds is 18. The molecule has 9 N–H and O–H groups in total. The van der Waals surface area contributed by atoms with Gasteiger partial charge in [0.25, 0.3) is 0 Å². The van der Waals surface area contributed by atoms with Crippen molar-refractivity contribution < 1.29 is 34.2 Å². The fourth-order valence-electron chi connectivity index (χ4n) is 3.43. The zero-order valence-corrected chi connectivity index (χ0v) is 21.2. The van der Waals surface area contributed by atoms with E-state index in [1.807, 2.05) is 27.7 Å². The fourth-order valence-corrected chi connectivity index (χ4v) is 3.43. The molecule has 0 aliphatic carbocycles. The van der Waals surface area contributed by atoms with Crippen LogP contribution in [0.1, 0.15) is 72.6 Å². The van der Waals surface area contributed by atoms with Crippen LogP contribution in [-0.2, 0) is 24.0 Å². The second kappa shape index (κ2) is 16.8. The quantitative estimate of drug-likeness (QED) is 0.125. The number of unbranched alkanes of at least 4 members (excludes halogenated alkanes) is 1. The molecule has 12 heteroatoms. The monoisotopic (exact) mass is 501 g/mol. The fraction of sp³-hybridized carbons (Fsp3) is 0.783. The van der Waals surface area contributed by atoms with Crippen LogP contribution in [0, 0.1) is 11.8 Å². The van der Waals surface area contributed by atoms with E-state index in [0.29, 0.717) is 32.2 Å². The van der Waals surface area contributed by atoms with E-state index in [-0.39, 0.29) is 24.7 Å². The van der Waals surface area contributed by atoms with Crippen molar-refractivity contribution in [1.29, 1.82) is 0 Å². The number of carboxylic acid groups (broad SMARTS) is 2. The minimum Gasteiger partial charge on any atom is -0.481 e. The van der Waals surface area contributed by atoms with Crippen molar-refractivity contribution in [2.24, 2.45) is 23.3 Å². The lowest BCUT2D eigenvalue weighted by Gasteiger charge is -2.26. The summed E-state index contributed by atoms with van der Waals surface area (Å²) in [6.45, 7) is 7.99. The topological polar surface area (TPSA) is 214 Å². The summed E-state index contributed by atoms with van der Waals surface area (Å²) in [6, 6.07) is -4.23. The number of carboxylic acids is 2. The molecule has 4 unspecified atom stereocenters. The maximum absolute atomic E-state index is 13.1. The largest absolute Gasteiger partial charge is 0.481 e. The average molecular weight is 502 g/mol. The van der Waals surface area contributed by atoms with Crippen LogP contribution < -0.4 is 27.4 Å². The Morgan fingerprint density at radius 2 is 1.23 bits per heavy atom. The summed E-state index contributed by atoms with van der Waals surface area (Å²) in [7, 11) is 0. The summed E-state index contributed by atoms with van der Waals surface area (Å²) < 4.78 is 0. The number of nitrogens with two attached hydrogens (primary N) is 2. The molecule has 35 heavy (non-hydrogen) atoms. The van der Waals surface area contributed by atoms with Crippen LogP contribution in [0.2, 0.25) is 0 Å². The Morgan fingerprint density at radius 1 is 0.714 bits per heavy atom. The summed E-state index contributed by atoms with van der Waals surface area (Å²) >= 11 is 0. The Labute approximate surface area is 206 Å². The molecule has 0 saturated carbocycles. The normalized spacial score (nSPS) is 14.6. The van der Waals surface area contributed by atoms with Gasteiger partial charge in [-0.1, -0.05) is 27.7 Å². The molecule has 4 atom stereocenters. The predicted molar refractivity (Wildman–Crippen MR) is 130 cm³/mol. The van der Waals surface area contributed by atoms with Crippen LogP contribution in [0.3, 0.4) is 0 Å². The molecule has 0 aromatic rings. The van der Waals surface area contributed by atoms with E-state index in [4.69, 9.17) is 16.6 Å². The summed E-state index contributed by atoms with van der Waals surface area (Å²) in [6.07, 6.45) is 1.26. The molecule has 0 rings (SSSR count). The van der Waals surface area contributed by atoms with Crippen molar-refractivity contribution in [1.82, 2.24) is 16.0 Å². The lowest BCUT2D eigenvalue weighted by Crippen LogP contribution is -2.57. The molecule has 0 fully saturated rings.